The lowest BCUT2D eigenvalue weighted by Crippen LogP contribution is -2.48. The molecule has 0 saturated heterocycles. The predicted molar refractivity (Wildman–Crippen MR) is 144 cm³/mol. The summed E-state index contributed by atoms with van der Waals surface area (Å²) in [6.45, 7) is 0. The highest BCUT2D eigenvalue weighted by Crippen LogP contribution is 2.42. The molecule has 12 heteroatoms. The fourth-order valence-electron chi connectivity index (χ4n) is 5.07. The van der Waals surface area contributed by atoms with Gasteiger partial charge >= 0.3 is 12.1 Å². The van der Waals surface area contributed by atoms with Gasteiger partial charge in [-0.2, -0.15) is 13.2 Å². The molecule has 1 aliphatic rings. The lowest BCUT2D eigenvalue weighted by atomic mass is 9.80. The number of carbonyl (C=O) groups excluding carboxylic acids is 2. The highest BCUT2D eigenvalue weighted by Gasteiger charge is 2.42. The number of unbranched alkanes of at least 4 members (excludes halogenated alkanes) is 1. The molecular formula is C28H33F3N2O6S. The number of alkyl halides is 3. The fourth-order valence-corrected chi connectivity index (χ4v) is 5.80. The van der Waals surface area contributed by atoms with Crippen LogP contribution in [0.3, 0.4) is 0 Å². The second-order valence-electron chi connectivity index (χ2n) is 10.3. The van der Waals surface area contributed by atoms with Crippen molar-refractivity contribution in [2.75, 3.05) is 17.3 Å². The number of halogens is 3. The maximum Gasteiger partial charge on any atom is 0.417 e. The molecule has 1 fully saturated rings. The summed E-state index contributed by atoms with van der Waals surface area (Å²) in [5.74, 6) is -2.48. The molecule has 0 unspecified atom stereocenters. The van der Waals surface area contributed by atoms with E-state index < -0.39 is 50.5 Å². The van der Waals surface area contributed by atoms with Gasteiger partial charge in [-0.15, -0.1) is 0 Å². The number of carboxylic acids is 1. The molecule has 0 aliphatic heterocycles. The summed E-state index contributed by atoms with van der Waals surface area (Å²) in [7, 11) is -3.10. The number of aliphatic carboxylic acids is 1. The zero-order valence-electron chi connectivity index (χ0n) is 22.1. The van der Waals surface area contributed by atoms with Gasteiger partial charge in [-0.25, -0.2) is 13.2 Å². The number of sulfone groups is 1. The number of anilines is 1. The van der Waals surface area contributed by atoms with Gasteiger partial charge in [0.1, 0.15) is 15.9 Å². The topological polar surface area (TPSA) is 130 Å². The van der Waals surface area contributed by atoms with Crippen molar-refractivity contribution in [1.29, 1.82) is 0 Å². The van der Waals surface area contributed by atoms with Crippen LogP contribution in [0, 0.1) is 5.41 Å². The van der Waals surface area contributed by atoms with Crippen LogP contribution < -0.4 is 10.6 Å². The van der Waals surface area contributed by atoms with Crippen molar-refractivity contribution in [3.8, 4) is 0 Å². The minimum atomic E-state index is -4.69. The SMILES string of the molecule is CS(=O)(=O)CCCCC1(C(=O)N[C@@H](Cc2ccc(NC(=O)c3ccccc3C(F)(F)F)cc2)C(=O)O)CCCC1. The Morgan fingerprint density at radius 2 is 1.62 bits per heavy atom. The first-order valence-electron chi connectivity index (χ1n) is 13.0. The molecule has 218 valence electrons. The van der Waals surface area contributed by atoms with Gasteiger partial charge in [0, 0.05) is 29.5 Å². The molecule has 0 radical (unpaired) electrons. The number of amides is 2. The van der Waals surface area contributed by atoms with E-state index in [-0.39, 0.29) is 23.8 Å². The predicted octanol–water partition coefficient (Wildman–Crippen LogP) is 4.84. The highest BCUT2D eigenvalue weighted by atomic mass is 32.2. The molecule has 1 saturated carbocycles. The molecule has 2 aromatic carbocycles. The van der Waals surface area contributed by atoms with Crippen molar-refractivity contribution in [2.24, 2.45) is 5.41 Å². The number of hydrogen-bond donors (Lipinski definition) is 3. The molecular weight excluding hydrogens is 549 g/mol. The van der Waals surface area contributed by atoms with Gasteiger partial charge in [0.15, 0.2) is 0 Å². The normalized spacial score (nSPS) is 15.8. The van der Waals surface area contributed by atoms with Crippen LogP contribution >= 0.6 is 0 Å². The molecule has 1 aliphatic carbocycles. The Bertz CT molecular complexity index is 1320. The molecule has 0 bridgehead atoms. The van der Waals surface area contributed by atoms with Gasteiger partial charge in [0.25, 0.3) is 5.91 Å². The van der Waals surface area contributed by atoms with Gasteiger partial charge in [0.2, 0.25) is 5.91 Å². The Morgan fingerprint density at radius 1 is 1.00 bits per heavy atom. The smallest absolute Gasteiger partial charge is 0.417 e. The Morgan fingerprint density at radius 3 is 2.20 bits per heavy atom. The summed E-state index contributed by atoms with van der Waals surface area (Å²) in [5.41, 5.74) is -1.55. The van der Waals surface area contributed by atoms with E-state index >= 15 is 0 Å². The minimum absolute atomic E-state index is 0.0355. The summed E-state index contributed by atoms with van der Waals surface area (Å²) in [5, 5.41) is 14.9. The van der Waals surface area contributed by atoms with Crippen molar-refractivity contribution in [3.63, 3.8) is 0 Å². The molecule has 0 spiro atoms. The summed E-state index contributed by atoms with van der Waals surface area (Å²) in [6, 6.07) is 9.17. The van der Waals surface area contributed by atoms with Gasteiger partial charge in [-0.05, 0) is 55.5 Å². The van der Waals surface area contributed by atoms with Crippen molar-refractivity contribution < 1.29 is 41.1 Å². The van der Waals surface area contributed by atoms with Crippen molar-refractivity contribution >= 4 is 33.3 Å². The monoisotopic (exact) mass is 582 g/mol. The van der Waals surface area contributed by atoms with E-state index in [1.165, 1.54) is 36.4 Å². The number of hydrogen-bond acceptors (Lipinski definition) is 5. The molecule has 2 aromatic rings. The van der Waals surface area contributed by atoms with Gasteiger partial charge in [-0.1, -0.05) is 43.5 Å². The molecule has 2 amide bonds. The van der Waals surface area contributed by atoms with Gasteiger partial charge in [-0.3, -0.25) is 9.59 Å². The number of carboxylic acid groups (broad SMARTS) is 1. The van der Waals surface area contributed by atoms with Crippen molar-refractivity contribution in [3.05, 3.63) is 65.2 Å². The Balaban J connectivity index is 1.64. The molecule has 40 heavy (non-hydrogen) atoms. The number of carbonyl (C=O) groups is 3. The van der Waals surface area contributed by atoms with Crippen LogP contribution in [0.15, 0.2) is 48.5 Å². The van der Waals surface area contributed by atoms with Gasteiger partial charge < -0.3 is 15.7 Å². The summed E-state index contributed by atoms with van der Waals surface area (Å²) < 4.78 is 62.6. The van der Waals surface area contributed by atoms with E-state index in [1.54, 1.807) is 0 Å². The first-order valence-corrected chi connectivity index (χ1v) is 15.0. The third kappa shape index (κ3) is 8.54. The Kier molecular flexibility index (Phi) is 9.99. The average molecular weight is 583 g/mol. The molecule has 1 atom stereocenters. The second kappa shape index (κ2) is 12.8. The number of rotatable bonds is 12. The molecule has 8 nitrogen and oxygen atoms in total. The van der Waals surface area contributed by atoms with E-state index in [4.69, 9.17) is 0 Å². The lowest BCUT2D eigenvalue weighted by molar-refractivity contribution is -0.144. The fraction of sp³-hybridized carbons (Fsp3) is 0.464. The first kappa shape index (κ1) is 31.1. The summed E-state index contributed by atoms with van der Waals surface area (Å²) in [4.78, 5) is 37.7. The molecule has 0 aromatic heterocycles. The maximum absolute atomic E-state index is 13.3. The number of nitrogens with one attached hydrogen (secondary N) is 2. The standard InChI is InChI=1S/C28H33F3N2O6S/c1-40(38,39)17-7-6-16-27(14-4-5-15-27)26(37)33-23(25(35)36)18-19-10-12-20(13-11-19)32-24(34)21-8-2-3-9-22(21)28(29,30)31/h2-3,8-13,23H,4-7,14-18H2,1H3,(H,32,34)(H,33,37)(H,35,36)/t23-/m0/s1. The van der Waals surface area contributed by atoms with Crippen LogP contribution in [0.2, 0.25) is 0 Å². The minimum Gasteiger partial charge on any atom is -0.480 e. The van der Waals surface area contributed by atoms with E-state index in [1.807, 2.05) is 0 Å². The third-order valence-electron chi connectivity index (χ3n) is 7.19. The van der Waals surface area contributed by atoms with Crippen molar-refractivity contribution in [2.45, 2.75) is 63.6 Å². The highest BCUT2D eigenvalue weighted by molar-refractivity contribution is 7.90. The van der Waals surface area contributed by atoms with Crippen LogP contribution in [-0.2, 0) is 32.0 Å². The zero-order valence-corrected chi connectivity index (χ0v) is 22.9. The van der Waals surface area contributed by atoms with Crippen LogP contribution in [0.4, 0.5) is 18.9 Å². The quantitative estimate of drug-likeness (QED) is 0.307. The van der Waals surface area contributed by atoms with E-state index in [0.29, 0.717) is 37.7 Å². The maximum atomic E-state index is 13.3. The van der Waals surface area contributed by atoms with Crippen LogP contribution in [0.1, 0.15) is 66.4 Å². The van der Waals surface area contributed by atoms with Crippen molar-refractivity contribution in [1.82, 2.24) is 5.32 Å². The van der Waals surface area contributed by atoms with Gasteiger partial charge in [0.05, 0.1) is 11.1 Å². The second-order valence-corrected chi connectivity index (χ2v) is 12.6. The third-order valence-corrected chi connectivity index (χ3v) is 8.23. The van der Waals surface area contributed by atoms with E-state index in [9.17, 15) is 41.1 Å². The zero-order chi connectivity index (χ0) is 29.6. The Labute approximate surface area is 231 Å². The van der Waals surface area contributed by atoms with E-state index in [2.05, 4.69) is 10.6 Å². The van der Waals surface area contributed by atoms with E-state index in [0.717, 1.165) is 31.2 Å². The first-order chi connectivity index (χ1) is 18.7. The molecule has 3 rings (SSSR count). The molecule has 0 heterocycles. The number of benzene rings is 2. The van der Waals surface area contributed by atoms with Crippen LogP contribution in [0.25, 0.3) is 0 Å². The lowest BCUT2D eigenvalue weighted by Gasteiger charge is -2.29. The molecule has 3 N–H and O–H groups in total. The van der Waals surface area contributed by atoms with Crippen LogP contribution in [0.5, 0.6) is 0 Å². The summed E-state index contributed by atoms with van der Waals surface area (Å²) in [6.07, 6.45) is 0.751. The average Bonchev–Trinajstić information content (AvgIpc) is 3.36. The Hall–Kier alpha value is -3.41. The van der Waals surface area contributed by atoms with Crippen LogP contribution in [-0.4, -0.2) is 49.4 Å². The summed E-state index contributed by atoms with van der Waals surface area (Å²) >= 11 is 0. The largest absolute Gasteiger partial charge is 0.480 e.